The summed E-state index contributed by atoms with van der Waals surface area (Å²) in [5, 5.41) is 9.80. The molecule has 23 heavy (non-hydrogen) atoms. The zero-order valence-electron chi connectivity index (χ0n) is 14.5. The Bertz CT molecular complexity index is 571. The van der Waals surface area contributed by atoms with E-state index in [1.165, 1.54) is 5.57 Å². The van der Waals surface area contributed by atoms with E-state index in [4.69, 9.17) is 0 Å². The second-order valence-corrected chi connectivity index (χ2v) is 7.72. The standard InChI is InChI=1S/C20H28O3/c1-14(10-13-21)6-8-16-15(2)7-9-17-19(16,3)11-5-12-20(17,4)18(22)23/h6,8,10,13,16-17H,2,5,7,9,11-12H2,1,3-4H3,(H,22,23)/b8-6-,14-10-/t16-,17+,19+,20-/m0/s1. The first-order chi connectivity index (χ1) is 10.8. The van der Waals surface area contributed by atoms with Crippen LogP contribution in [-0.2, 0) is 9.59 Å². The summed E-state index contributed by atoms with van der Waals surface area (Å²) in [5.41, 5.74) is 1.38. The van der Waals surface area contributed by atoms with Gasteiger partial charge in [0.2, 0.25) is 0 Å². The van der Waals surface area contributed by atoms with Crippen molar-refractivity contribution in [2.45, 2.75) is 52.9 Å². The Balaban J connectivity index is 2.39. The normalized spacial score (nSPS) is 38.4. The maximum atomic E-state index is 11.9. The Morgan fingerprint density at radius 2 is 2.04 bits per heavy atom. The quantitative estimate of drug-likeness (QED) is 0.358. The molecule has 0 amide bonds. The number of carbonyl (C=O) groups excluding carboxylic acids is 1. The highest BCUT2D eigenvalue weighted by molar-refractivity contribution is 5.75. The predicted octanol–water partition coefficient (Wildman–Crippen LogP) is 4.55. The minimum Gasteiger partial charge on any atom is -0.481 e. The molecule has 0 unspecified atom stereocenters. The zero-order valence-corrected chi connectivity index (χ0v) is 14.5. The molecule has 2 aliphatic carbocycles. The van der Waals surface area contributed by atoms with Crippen LogP contribution in [0.4, 0.5) is 0 Å². The van der Waals surface area contributed by atoms with Gasteiger partial charge in [-0.15, -0.1) is 0 Å². The summed E-state index contributed by atoms with van der Waals surface area (Å²) in [4.78, 5) is 22.5. The lowest BCUT2D eigenvalue weighted by molar-refractivity contribution is -0.162. The zero-order chi connectivity index (χ0) is 17.3. The summed E-state index contributed by atoms with van der Waals surface area (Å²) in [6, 6.07) is 0. The maximum absolute atomic E-state index is 11.9. The first kappa shape index (κ1) is 17.7. The van der Waals surface area contributed by atoms with Crippen LogP contribution in [0.1, 0.15) is 52.9 Å². The van der Waals surface area contributed by atoms with Crippen LogP contribution >= 0.6 is 0 Å². The van der Waals surface area contributed by atoms with Gasteiger partial charge in [0.1, 0.15) is 6.29 Å². The van der Waals surface area contributed by atoms with Crippen molar-refractivity contribution in [3.05, 3.63) is 36.0 Å². The van der Waals surface area contributed by atoms with Crippen LogP contribution in [0.2, 0.25) is 0 Å². The number of hydrogen-bond donors (Lipinski definition) is 1. The topological polar surface area (TPSA) is 54.4 Å². The van der Waals surface area contributed by atoms with E-state index in [2.05, 4.69) is 19.6 Å². The molecule has 3 heteroatoms. The molecule has 126 valence electrons. The lowest BCUT2D eigenvalue weighted by Gasteiger charge is -2.56. The molecular weight excluding hydrogens is 288 g/mol. The van der Waals surface area contributed by atoms with Crippen LogP contribution in [0.25, 0.3) is 0 Å². The lowest BCUT2D eigenvalue weighted by Crippen LogP contribution is -2.53. The van der Waals surface area contributed by atoms with E-state index in [-0.39, 0.29) is 17.3 Å². The molecule has 0 aromatic heterocycles. The van der Waals surface area contributed by atoms with Gasteiger partial charge in [0.15, 0.2) is 0 Å². The van der Waals surface area contributed by atoms with Crippen molar-refractivity contribution in [3.63, 3.8) is 0 Å². The van der Waals surface area contributed by atoms with Crippen molar-refractivity contribution in [3.8, 4) is 0 Å². The van der Waals surface area contributed by atoms with Crippen LogP contribution in [0, 0.1) is 22.7 Å². The van der Waals surface area contributed by atoms with Gasteiger partial charge in [-0.25, -0.2) is 0 Å². The van der Waals surface area contributed by atoms with E-state index in [0.29, 0.717) is 0 Å². The SMILES string of the molecule is C=C1CC[C@@H]2[C@](C)(CCC[C@]2(C)C(=O)O)[C@H]1/C=C\C(C)=C/C=O. The molecule has 0 aromatic rings. The Labute approximate surface area is 139 Å². The van der Waals surface area contributed by atoms with E-state index in [1.807, 2.05) is 19.9 Å². The second-order valence-electron chi connectivity index (χ2n) is 7.72. The predicted molar refractivity (Wildman–Crippen MR) is 92.0 cm³/mol. The van der Waals surface area contributed by atoms with Crippen molar-refractivity contribution in [1.29, 1.82) is 0 Å². The fourth-order valence-electron chi connectivity index (χ4n) is 4.91. The second kappa shape index (κ2) is 6.46. The number of rotatable bonds is 4. The summed E-state index contributed by atoms with van der Waals surface area (Å²) < 4.78 is 0. The number of carbonyl (C=O) groups is 2. The Hall–Kier alpha value is -1.64. The maximum Gasteiger partial charge on any atom is 0.309 e. The highest BCUT2D eigenvalue weighted by atomic mass is 16.4. The summed E-state index contributed by atoms with van der Waals surface area (Å²) in [5.74, 6) is -0.326. The molecular formula is C20H28O3. The molecule has 2 aliphatic rings. The molecule has 0 radical (unpaired) electrons. The highest BCUT2D eigenvalue weighted by Gasteiger charge is 2.56. The van der Waals surface area contributed by atoms with Crippen molar-refractivity contribution in [2.24, 2.45) is 22.7 Å². The third-order valence-electron chi connectivity index (χ3n) is 6.25. The van der Waals surface area contributed by atoms with Crippen LogP contribution in [-0.4, -0.2) is 17.4 Å². The molecule has 2 saturated carbocycles. The molecule has 2 fully saturated rings. The number of aldehydes is 1. The smallest absolute Gasteiger partial charge is 0.309 e. The van der Waals surface area contributed by atoms with Gasteiger partial charge in [0, 0.05) is 5.92 Å². The highest BCUT2D eigenvalue weighted by Crippen LogP contribution is 2.61. The minimum atomic E-state index is -0.666. The summed E-state index contributed by atoms with van der Waals surface area (Å²) in [7, 11) is 0. The largest absolute Gasteiger partial charge is 0.481 e. The van der Waals surface area contributed by atoms with Gasteiger partial charge < -0.3 is 5.11 Å². The summed E-state index contributed by atoms with van der Waals surface area (Å²) >= 11 is 0. The number of carboxylic acid groups (broad SMARTS) is 1. The molecule has 0 heterocycles. The van der Waals surface area contributed by atoms with Crippen molar-refractivity contribution in [2.75, 3.05) is 0 Å². The molecule has 0 aliphatic heterocycles. The number of hydrogen-bond acceptors (Lipinski definition) is 2. The monoisotopic (exact) mass is 316 g/mol. The molecule has 0 bridgehead atoms. The average Bonchev–Trinajstić information content (AvgIpc) is 2.46. The van der Waals surface area contributed by atoms with E-state index in [9.17, 15) is 14.7 Å². The van der Waals surface area contributed by atoms with Crippen LogP contribution in [0.15, 0.2) is 36.0 Å². The number of aliphatic carboxylic acids is 1. The lowest BCUT2D eigenvalue weighted by atomic mass is 9.47. The first-order valence-electron chi connectivity index (χ1n) is 8.47. The molecule has 2 rings (SSSR count). The summed E-state index contributed by atoms with van der Waals surface area (Å²) in [6.07, 6.45) is 11.0. The number of allylic oxidation sites excluding steroid dienone is 5. The fraction of sp³-hybridized carbons (Fsp3) is 0.600. The molecule has 0 saturated heterocycles. The molecule has 0 aromatic carbocycles. The van der Waals surface area contributed by atoms with Crippen molar-refractivity contribution < 1.29 is 14.7 Å². The first-order valence-corrected chi connectivity index (χ1v) is 8.47. The minimum absolute atomic E-state index is 0.0708. The third kappa shape index (κ3) is 3.06. The van der Waals surface area contributed by atoms with E-state index < -0.39 is 11.4 Å². The fourth-order valence-corrected chi connectivity index (χ4v) is 4.91. The third-order valence-corrected chi connectivity index (χ3v) is 6.25. The van der Waals surface area contributed by atoms with E-state index >= 15 is 0 Å². The van der Waals surface area contributed by atoms with Crippen molar-refractivity contribution in [1.82, 2.24) is 0 Å². The van der Waals surface area contributed by atoms with E-state index in [1.54, 1.807) is 6.08 Å². The summed E-state index contributed by atoms with van der Waals surface area (Å²) in [6.45, 7) is 10.3. The van der Waals surface area contributed by atoms with E-state index in [0.717, 1.165) is 44.0 Å². The van der Waals surface area contributed by atoms with Crippen LogP contribution in [0.5, 0.6) is 0 Å². The Kier molecular flexibility index (Phi) is 4.98. The Morgan fingerprint density at radius 3 is 2.65 bits per heavy atom. The van der Waals surface area contributed by atoms with Gasteiger partial charge in [0.25, 0.3) is 0 Å². The average molecular weight is 316 g/mol. The van der Waals surface area contributed by atoms with Gasteiger partial charge in [-0.2, -0.15) is 0 Å². The molecule has 1 N–H and O–H groups in total. The van der Waals surface area contributed by atoms with Crippen LogP contribution in [0.3, 0.4) is 0 Å². The number of fused-ring (bicyclic) bond motifs is 1. The van der Waals surface area contributed by atoms with Gasteiger partial charge in [-0.05, 0) is 62.5 Å². The van der Waals surface area contributed by atoms with Crippen molar-refractivity contribution >= 4 is 12.3 Å². The van der Waals surface area contributed by atoms with Gasteiger partial charge in [0.05, 0.1) is 5.41 Å². The van der Waals surface area contributed by atoms with Gasteiger partial charge >= 0.3 is 5.97 Å². The number of carboxylic acids is 1. The van der Waals surface area contributed by atoms with Crippen LogP contribution < -0.4 is 0 Å². The van der Waals surface area contributed by atoms with Gasteiger partial charge in [-0.1, -0.05) is 37.6 Å². The molecule has 4 atom stereocenters. The van der Waals surface area contributed by atoms with Gasteiger partial charge in [-0.3, -0.25) is 9.59 Å². The molecule has 3 nitrogen and oxygen atoms in total. The Morgan fingerprint density at radius 1 is 1.35 bits per heavy atom. The molecule has 0 spiro atoms.